The number of likely N-dealkylation sites (tertiary alicyclic amines) is 1. The van der Waals surface area contributed by atoms with Crippen molar-refractivity contribution in [2.75, 3.05) is 26.2 Å². The summed E-state index contributed by atoms with van der Waals surface area (Å²) in [5.41, 5.74) is 2.32. The maximum atomic E-state index is 12.7. The zero-order chi connectivity index (χ0) is 18.9. The molecule has 3 rings (SSSR count). The monoisotopic (exact) mass is 366 g/mol. The number of amides is 1. The molecule has 1 heterocycles. The van der Waals surface area contributed by atoms with Crippen molar-refractivity contribution < 1.29 is 9.53 Å². The van der Waals surface area contributed by atoms with Crippen LogP contribution in [0.4, 0.5) is 0 Å². The molecule has 0 radical (unpaired) electrons. The first kappa shape index (κ1) is 19.4. The minimum absolute atomic E-state index is 0.0413. The molecule has 27 heavy (non-hydrogen) atoms. The lowest BCUT2D eigenvalue weighted by Gasteiger charge is -2.27. The first-order valence-electron chi connectivity index (χ1n) is 10.0. The molecule has 2 aromatic carbocycles. The van der Waals surface area contributed by atoms with Gasteiger partial charge in [-0.1, -0.05) is 48.9 Å². The molecule has 1 aliphatic heterocycles. The summed E-state index contributed by atoms with van der Waals surface area (Å²) in [6.07, 6.45) is 4.45. The van der Waals surface area contributed by atoms with Gasteiger partial charge in [0.25, 0.3) is 0 Å². The van der Waals surface area contributed by atoms with Gasteiger partial charge >= 0.3 is 0 Å². The van der Waals surface area contributed by atoms with Crippen molar-refractivity contribution in [2.24, 2.45) is 0 Å². The van der Waals surface area contributed by atoms with E-state index in [0.29, 0.717) is 13.2 Å². The van der Waals surface area contributed by atoms with Gasteiger partial charge in [0.2, 0.25) is 5.91 Å². The van der Waals surface area contributed by atoms with Crippen LogP contribution in [-0.2, 0) is 11.2 Å². The van der Waals surface area contributed by atoms with Crippen LogP contribution in [0.2, 0.25) is 0 Å². The van der Waals surface area contributed by atoms with Gasteiger partial charge in [0.05, 0.1) is 19.2 Å². The summed E-state index contributed by atoms with van der Waals surface area (Å²) in [5.74, 6) is 0.964. The Morgan fingerprint density at radius 2 is 1.74 bits per heavy atom. The Labute approximate surface area is 162 Å². The predicted octanol–water partition coefficient (Wildman–Crippen LogP) is 3.97. The van der Waals surface area contributed by atoms with E-state index in [1.54, 1.807) is 0 Å². The Morgan fingerprint density at radius 3 is 2.41 bits per heavy atom. The number of nitrogens with zero attached hydrogens (tertiary/aromatic N) is 1. The summed E-state index contributed by atoms with van der Waals surface area (Å²) in [6.45, 7) is 5.17. The molecule has 1 fully saturated rings. The van der Waals surface area contributed by atoms with E-state index in [0.717, 1.165) is 30.8 Å². The minimum atomic E-state index is -0.0413. The molecule has 1 aliphatic rings. The quantitative estimate of drug-likeness (QED) is 0.769. The summed E-state index contributed by atoms with van der Waals surface area (Å²) >= 11 is 0. The molecule has 1 amide bonds. The van der Waals surface area contributed by atoms with Gasteiger partial charge in [-0.25, -0.2) is 0 Å². The second-order valence-electron chi connectivity index (χ2n) is 7.15. The van der Waals surface area contributed by atoms with Crippen LogP contribution >= 0.6 is 0 Å². The van der Waals surface area contributed by atoms with Gasteiger partial charge in [0, 0.05) is 0 Å². The number of nitrogens with one attached hydrogen (secondary N) is 1. The van der Waals surface area contributed by atoms with Crippen LogP contribution in [0, 0.1) is 0 Å². The van der Waals surface area contributed by atoms with Gasteiger partial charge in [-0.3, -0.25) is 9.69 Å². The van der Waals surface area contributed by atoms with E-state index in [-0.39, 0.29) is 11.9 Å². The Bertz CT molecular complexity index is 694. The standard InChI is InChI=1S/C23H30N2O2/c1-2-27-21-13-11-20(12-14-21)22(17-19-9-5-3-6-10-19)24-23(26)18-25-15-7-4-8-16-25/h3,5-6,9-14,22H,2,4,7-8,15-18H2,1H3,(H,24,26). The minimum Gasteiger partial charge on any atom is -0.494 e. The zero-order valence-corrected chi connectivity index (χ0v) is 16.2. The molecule has 0 bridgehead atoms. The summed E-state index contributed by atoms with van der Waals surface area (Å²) in [5, 5.41) is 3.26. The molecule has 0 saturated carbocycles. The number of hydrogen-bond acceptors (Lipinski definition) is 3. The normalized spacial score (nSPS) is 15.9. The number of carbonyl (C=O) groups excluding carboxylic acids is 1. The number of ether oxygens (including phenoxy) is 1. The molecular formula is C23H30N2O2. The molecular weight excluding hydrogens is 336 g/mol. The third-order valence-corrected chi connectivity index (χ3v) is 5.03. The molecule has 4 heteroatoms. The zero-order valence-electron chi connectivity index (χ0n) is 16.2. The summed E-state index contributed by atoms with van der Waals surface area (Å²) < 4.78 is 5.55. The van der Waals surface area contributed by atoms with E-state index in [1.807, 2.05) is 37.3 Å². The molecule has 1 unspecified atom stereocenters. The number of carbonyl (C=O) groups is 1. The van der Waals surface area contributed by atoms with Crippen LogP contribution in [0.5, 0.6) is 5.75 Å². The maximum Gasteiger partial charge on any atom is 0.234 e. The lowest BCUT2D eigenvalue weighted by molar-refractivity contribution is -0.123. The highest BCUT2D eigenvalue weighted by Crippen LogP contribution is 2.22. The fraction of sp³-hybridized carbons (Fsp3) is 0.435. The van der Waals surface area contributed by atoms with Gasteiger partial charge < -0.3 is 10.1 Å². The highest BCUT2D eigenvalue weighted by Gasteiger charge is 2.19. The predicted molar refractivity (Wildman–Crippen MR) is 109 cm³/mol. The van der Waals surface area contributed by atoms with Gasteiger partial charge in [0.1, 0.15) is 5.75 Å². The van der Waals surface area contributed by atoms with Crippen molar-refractivity contribution in [1.82, 2.24) is 10.2 Å². The van der Waals surface area contributed by atoms with E-state index < -0.39 is 0 Å². The SMILES string of the molecule is CCOc1ccc(C(Cc2ccccc2)NC(=O)CN2CCCCC2)cc1. The average molecular weight is 367 g/mol. The Balaban J connectivity index is 1.69. The van der Waals surface area contributed by atoms with Crippen LogP contribution in [0.1, 0.15) is 43.4 Å². The third kappa shape index (κ3) is 6.10. The Hall–Kier alpha value is -2.33. The number of hydrogen-bond donors (Lipinski definition) is 1. The van der Waals surface area contributed by atoms with Crippen molar-refractivity contribution in [2.45, 2.75) is 38.6 Å². The third-order valence-electron chi connectivity index (χ3n) is 5.03. The van der Waals surface area contributed by atoms with Crippen molar-refractivity contribution in [3.8, 4) is 5.75 Å². The Kier molecular flexibility index (Phi) is 7.28. The second-order valence-corrected chi connectivity index (χ2v) is 7.15. The van der Waals surface area contributed by atoms with Crippen LogP contribution < -0.4 is 10.1 Å². The summed E-state index contributed by atoms with van der Waals surface area (Å²) in [6, 6.07) is 18.3. The molecule has 0 spiro atoms. The lowest BCUT2D eigenvalue weighted by Crippen LogP contribution is -2.41. The van der Waals surface area contributed by atoms with Crippen LogP contribution in [0.15, 0.2) is 54.6 Å². The van der Waals surface area contributed by atoms with Crippen LogP contribution in [0.25, 0.3) is 0 Å². The second kappa shape index (κ2) is 10.1. The van der Waals surface area contributed by atoms with E-state index in [2.05, 4.69) is 34.5 Å². The summed E-state index contributed by atoms with van der Waals surface area (Å²) in [7, 11) is 0. The first-order valence-corrected chi connectivity index (χ1v) is 10.0. The number of benzene rings is 2. The lowest BCUT2D eigenvalue weighted by atomic mass is 9.98. The van der Waals surface area contributed by atoms with Crippen molar-refractivity contribution in [3.63, 3.8) is 0 Å². The number of rotatable bonds is 8. The molecule has 0 aliphatic carbocycles. The summed E-state index contributed by atoms with van der Waals surface area (Å²) in [4.78, 5) is 14.9. The molecule has 2 aromatic rings. The van der Waals surface area contributed by atoms with Crippen LogP contribution in [0.3, 0.4) is 0 Å². The van der Waals surface area contributed by atoms with Gasteiger partial charge in [-0.2, -0.15) is 0 Å². The van der Waals surface area contributed by atoms with E-state index in [1.165, 1.54) is 24.8 Å². The average Bonchev–Trinajstić information content (AvgIpc) is 2.70. The van der Waals surface area contributed by atoms with E-state index >= 15 is 0 Å². The van der Waals surface area contributed by atoms with Crippen LogP contribution in [-0.4, -0.2) is 37.0 Å². The van der Waals surface area contributed by atoms with Gasteiger partial charge in [-0.15, -0.1) is 0 Å². The Morgan fingerprint density at radius 1 is 1.04 bits per heavy atom. The van der Waals surface area contributed by atoms with Gasteiger partial charge in [0.15, 0.2) is 0 Å². The highest BCUT2D eigenvalue weighted by atomic mass is 16.5. The van der Waals surface area contributed by atoms with E-state index in [9.17, 15) is 4.79 Å². The van der Waals surface area contributed by atoms with Crippen molar-refractivity contribution in [3.05, 3.63) is 65.7 Å². The molecule has 4 nitrogen and oxygen atoms in total. The molecule has 0 aromatic heterocycles. The first-order chi connectivity index (χ1) is 13.2. The highest BCUT2D eigenvalue weighted by molar-refractivity contribution is 5.78. The molecule has 1 atom stereocenters. The number of piperidine rings is 1. The fourth-order valence-corrected chi connectivity index (χ4v) is 3.63. The molecule has 1 saturated heterocycles. The van der Waals surface area contributed by atoms with Crippen molar-refractivity contribution >= 4 is 5.91 Å². The smallest absolute Gasteiger partial charge is 0.234 e. The van der Waals surface area contributed by atoms with Crippen molar-refractivity contribution in [1.29, 1.82) is 0 Å². The molecule has 1 N–H and O–H groups in total. The fourth-order valence-electron chi connectivity index (χ4n) is 3.63. The maximum absolute atomic E-state index is 12.7. The van der Waals surface area contributed by atoms with E-state index in [4.69, 9.17) is 4.74 Å². The van der Waals surface area contributed by atoms with Gasteiger partial charge in [-0.05, 0) is 62.5 Å². The largest absolute Gasteiger partial charge is 0.494 e. The topological polar surface area (TPSA) is 41.6 Å². The molecule has 144 valence electrons.